The van der Waals surface area contributed by atoms with Gasteiger partial charge in [-0.1, -0.05) is 33.6 Å². The average Bonchev–Trinajstić information content (AvgIpc) is 2.34. The molecule has 0 amide bonds. The molecular formula is C14H12Br2ClNO. The first-order chi connectivity index (χ1) is 8.97. The average molecular weight is 406 g/mol. The van der Waals surface area contributed by atoms with Gasteiger partial charge in [-0.05, 0) is 58.7 Å². The molecule has 2 aromatic rings. The third-order valence-electron chi connectivity index (χ3n) is 2.60. The van der Waals surface area contributed by atoms with Gasteiger partial charge in [0.2, 0.25) is 0 Å². The van der Waals surface area contributed by atoms with Crippen molar-refractivity contribution in [1.82, 2.24) is 0 Å². The van der Waals surface area contributed by atoms with Crippen LogP contribution in [-0.2, 0) is 0 Å². The molecule has 0 aliphatic rings. The molecule has 2 rings (SSSR count). The molecule has 2 nitrogen and oxygen atoms in total. The standard InChI is InChI=1S/C14H12Br2ClNO/c1-8(18)9-2-4-14(12(17)6-9)19-13-5-3-10(15)7-11(13)16/h2-8H,18H2,1H3/t8-/m1/s1. The van der Waals surface area contributed by atoms with Crippen molar-refractivity contribution in [3.05, 3.63) is 55.9 Å². The Kier molecular flexibility index (Phi) is 4.90. The van der Waals surface area contributed by atoms with Crippen LogP contribution in [-0.4, -0.2) is 0 Å². The van der Waals surface area contributed by atoms with Crippen LogP contribution in [0.1, 0.15) is 18.5 Å². The van der Waals surface area contributed by atoms with Crippen LogP contribution in [0, 0.1) is 0 Å². The van der Waals surface area contributed by atoms with Gasteiger partial charge in [0.1, 0.15) is 11.5 Å². The zero-order valence-electron chi connectivity index (χ0n) is 10.2. The minimum Gasteiger partial charge on any atom is -0.455 e. The van der Waals surface area contributed by atoms with Gasteiger partial charge in [0.15, 0.2) is 0 Å². The topological polar surface area (TPSA) is 35.2 Å². The number of halogens is 3. The van der Waals surface area contributed by atoms with Gasteiger partial charge in [-0.25, -0.2) is 0 Å². The number of hydrogen-bond acceptors (Lipinski definition) is 2. The molecule has 2 aromatic carbocycles. The highest BCUT2D eigenvalue weighted by atomic mass is 79.9. The summed E-state index contributed by atoms with van der Waals surface area (Å²) in [4.78, 5) is 0. The van der Waals surface area contributed by atoms with Crippen molar-refractivity contribution in [2.45, 2.75) is 13.0 Å². The summed E-state index contributed by atoms with van der Waals surface area (Å²) in [7, 11) is 0. The molecule has 2 N–H and O–H groups in total. The van der Waals surface area contributed by atoms with Crippen LogP contribution in [0.4, 0.5) is 0 Å². The second-order valence-corrected chi connectivity index (χ2v) is 6.33. The van der Waals surface area contributed by atoms with E-state index in [1.165, 1.54) is 0 Å². The summed E-state index contributed by atoms with van der Waals surface area (Å²) < 4.78 is 7.62. The van der Waals surface area contributed by atoms with E-state index in [0.717, 1.165) is 14.5 Å². The van der Waals surface area contributed by atoms with E-state index in [1.807, 2.05) is 43.3 Å². The Morgan fingerprint density at radius 3 is 2.37 bits per heavy atom. The highest BCUT2D eigenvalue weighted by Crippen LogP contribution is 2.35. The van der Waals surface area contributed by atoms with E-state index in [1.54, 1.807) is 0 Å². The summed E-state index contributed by atoms with van der Waals surface area (Å²) in [5.41, 5.74) is 6.79. The summed E-state index contributed by atoms with van der Waals surface area (Å²) in [6.45, 7) is 1.91. The molecule has 0 aliphatic heterocycles. The summed E-state index contributed by atoms with van der Waals surface area (Å²) in [6.07, 6.45) is 0. The number of nitrogens with two attached hydrogens (primary N) is 1. The van der Waals surface area contributed by atoms with E-state index in [2.05, 4.69) is 31.9 Å². The Labute approximate surface area is 134 Å². The van der Waals surface area contributed by atoms with Crippen molar-refractivity contribution in [3.63, 3.8) is 0 Å². The van der Waals surface area contributed by atoms with Crippen molar-refractivity contribution in [1.29, 1.82) is 0 Å². The third kappa shape index (κ3) is 3.72. The summed E-state index contributed by atoms with van der Waals surface area (Å²) in [5.74, 6) is 1.31. The Bertz CT molecular complexity index is 602. The van der Waals surface area contributed by atoms with Crippen LogP contribution in [0.25, 0.3) is 0 Å². The SMILES string of the molecule is C[C@@H](N)c1ccc(Oc2ccc(Br)cc2Br)c(Cl)c1. The molecule has 0 saturated heterocycles. The molecule has 0 saturated carbocycles. The molecule has 0 unspecified atom stereocenters. The molecular weight excluding hydrogens is 393 g/mol. The highest BCUT2D eigenvalue weighted by Gasteiger charge is 2.09. The van der Waals surface area contributed by atoms with Crippen molar-refractivity contribution in [3.8, 4) is 11.5 Å². The molecule has 1 atom stereocenters. The van der Waals surface area contributed by atoms with Crippen LogP contribution in [0.15, 0.2) is 45.3 Å². The highest BCUT2D eigenvalue weighted by molar-refractivity contribution is 9.11. The van der Waals surface area contributed by atoms with E-state index in [-0.39, 0.29) is 6.04 Å². The Morgan fingerprint density at radius 1 is 1.11 bits per heavy atom. The van der Waals surface area contributed by atoms with E-state index in [9.17, 15) is 0 Å². The van der Waals surface area contributed by atoms with Crippen LogP contribution in [0.2, 0.25) is 5.02 Å². The Morgan fingerprint density at radius 2 is 1.79 bits per heavy atom. The molecule has 0 fully saturated rings. The van der Waals surface area contributed by atoms with Crippen molar-refractivity contribution >= 4 is 43.5 Å². The smallest absolute Gasteiger partial charge is 0.146 e. The van der Waals surface area contributed by atoms with Crippen LogP contribution in [0.3, 0.4) is 0 Å². The second kappa shape index (κ2) is 6.27. The van der Waals surface area contributed by atoms with Crippen LogP contribution >= 0.6 is 43.5 Å². The van der Waals surface area contributed by atoms with Crippen molar-refractivity contribution in [2.75, 3.05) is 0 Å². The predicted molar refractivity (Wildman–Crippen MR) is 86.0 cm³/mol. The molecule has 5 heteroatoms. The number of hydrogen-bond donors (Lipinski definition) is 1. The molecule has 0 aliphatic carbocycles. The first kappa shape index (κ1) is 14.9. The quantitative estimate of drug-likeness (QED) is 0.713. The molecule has 19 heavy (non-hydrogen) atoms. The lowest BCUT2D eigenvalue weighted by Crippen LogP contribution is -2.04. The Balaban J connectivity index is 2.28. The molecule has 0 heterocycles. The molecule has 0 spiro atoms. The van der Waals surface area contributed by atoms with Crippen LogP contribution in [0.5, 0.6) is 11.5 Å². The second-order valence-electron chi connectivity index (χ2n) is 4.16. The van der Waals surface area contributed by atoms with Crippen LogP contribution < -0.4 is 10.5 Å². The number of benzene rings is 2. The van der Waals surface area contributed by atoms with Gasteiger partial charge in [0.25, 0.3) is 0 Å². The summed E-state index contributed by atoms with van der Waals surface area (Å²) >= 11 is 13.0. The van der Waals surface area contributed by atoms with Crippen molar-refractivity contribution < 1.29 is 4.74 Å². The fourth-order valence-corrected chi connectivity index (χ4v) is 2.92. The monoisotopic (exact) mass is 403 g/mol. The van der Waals surface area contributed by atoms with Crippen molar-refractivity contribution in [2.24, 2.45) is 5.73 Å². The maximum Gasteiger partial charge on any atom is 0.146 e. The minimum atomic E-state index is -0.0500. The van der Waals surface area contributed by atoms with E-state index >= 15 is 0 Å². The van der Waals surface area contributed by atoms with Gasteiger partial charge in [-0.3, -0.25) is 0 Å². The fourth-order valence-electron chi connectivity index (χ4n) is 1.56. The normalized spacial score (nSPS) is 12.3. The van der Waals surface area contributed by atoms with E-state index in [0.29, 0.717) is 16.5 Å². The summed E-state index contributed by atoms with van der Waals surface area (Å²) in [5, 5.41) is 0.546. The van der Waals surface area contributed by atoms with Gasteiger partial charge >= 0.3 is 0 Å². The first-order valence-corrected chi connectivity index (χ1v) is 7.61. The van der Waals surface area contributed by atoms with Gasteiger partial charge in [0.05, 0.1) is 9.50 Å². The lowest BCUT2D eigenvalue weighted by atomic mass is 10.1. The molecule has 100 valence electrons. The largest absolute Gasteiger partial charge is 0.455 e. The van der Waals surface area contributed by atoms with Gasteiger partial charge < -0.3 is 10.5 Å². The first-order valence-electron chi connectivity index (χ1n) is 5.65. The maximum absolute atomic E-state index is 6.20. The molecule has 0 radical (unpaired) electrons. The zero-order valence-corrected chi connectivity index (χ0v) is 14.1. The minimum absolute atomic E-state index is 0.0500. The zero-order chi connectivity index (χ0) is 14.0. The maximum atomic E-state index is 6.20. The van der Waals surface area contributed by atoms with Gasteiger partial charge in [-0.2, -0.15) is 0 Å². The Hall–Kier alpha value is -0.550. The van der Waals surface area contributed by atoms with Gasteiger partial charge in [0, 0.05) is 10.5 Å². The lowest BCUT2D eigenvalue weighted by Gasteiger charge is -2.12. The molecule has 0 aromatic heterocycles. The summed E-state index contributed by atoms with van der Waals surface area (Å²) in [6, 6.07) is 11.2. The number of ether oxygens (including phenoxy) is 1. The number of rotatable bonds is 3. The predicted octanol–water partition coefficient (Wildman–Crippen LogP) is 5.68. The van der Waals surface area contributed by atoms with Gasteiger partial charge in [-0.15, -0.1) is 0 Å². The third-order valence-corrected chi connectivity index (χ3v) is 4.00. The lowest BCUT2D eigenvalue weighted by molar-refractivity contribution is 0.479. The van der Waals surface area contributed by atoms with E-state index < -0.39 is 0 Å². The van der Waals surface area contributed by atoms with E-state index in [4.69, 9.17) is 22.1 Å². The molecule has 0 bridgehead atoms. The fraction of sp³-hybridized carbons (Fsp3) is 0.143.